The molecule has 0 spiro atoms. The van der Waals surface area contributed by atoms with E-state index in [2.05, 4.69) is 218 Å². The fourth-order valence-electron chi connectivity index (χ4n) is 15.0. The van der Waals surface area contributed by atoms with E-state index in [4.69, 9.17) is 11.6 Å². The molecular formula is C95H133BrClN15O5. The van der Waals surface area contributed by atoms with Crippen molar-refractivity contribution < 1.29 is 24.0 Å². The van der Waals surface area contributed by atoms with Crippen molar-refractivity contribution in [2.24, 2.45) is 0 Å². The van der Waals surface area contributed by atoms with E-state index in [1.54, 1.807) is 6.07 Å². The summed E-state index contributed by atoms with van der Waals surface area (Å²) in [5, 5.41) is 30.8. The zero-order valence-electron chi connectivity index (χ0n) is 68.8. The first-order valence-corrected chi connectivity index (χ1v) is 42.9. The smallest absolute Gasteiger partial charge is 0.319 e. The molecule has 5 aliphatic heterocycles. The molecule has 0 aliphatic carbocycles. The summed E-state index contributed by atoms with van der Waals surface area (Å²) in [5.74, 6) is 0. The summed E-state index contributed by atoms with van der Waals surface area (Å²) in [4.78, 5) is 72.9. The molecule has 5 fully saturated rings. The summed E-state index contributed by atoms with van der Waals surface area (Å²) in [5.41, 5.74) is 13.9. The molecule has 0 radical (unpaired) electrons. The highest BCUT2D eigenvalue weighted by molar-refractivity contribution is 9.10. The number of likely N-dealkylation sites (tertiary alicyclic amines) is 5. The third kappa shape index (κ3) is 34.6. The maximum absolute atomic E-state index is 12.3. The molecule has 0 unspecified atom stereocenters. The molecule has 5 heterocycles. The molecular weight excluding hydrogens is 1550 g/mol. The molecule has 22 heteroatoms. The Hall–Kier alpha value is -9.32. The second-order valence-corrected chi connectivity index (χ2v) is 32.1. The lowest BCUT2D eigenvalue weighted by Gasteiger charge is -2.32. The zero-order chi connectivity index (χ0) is 81.5. The van der Waals surface area contributed by atoms with Gasteiger partial charge in [-0.2, -0.15) is 0 Å². The van der Waals surface area contributed by atoms with Crippen molar-refractivity contribution in [2.45, 2.75) is 197 Å². The lowest BCUT2D eigenvalue weighted by atomic mass is 10.0. The number of halogens is 2. The highest BCUT2D eigenvalue weighted by Crippen LogP contribution is 2.25. The largest absolute Gasteiger partial charge is 0.335 e. The van der Waals surface area contributed by atoms with Crippen molar-refractivity contribution in [3.8, 4) is 0 Å². The summed E-state index contributed by atoms with van der Waals surface area (Å²) >= 11 is 9.39. The molecule has 10 amide bonds. The van der Waals surface area contributed by atoms with Crippen molar-refractivity contribution >= 4 is 86.1 Å². The molecule has 5 saturated heterocycles. The van der Waals surface area contributed by atoms with E-state index in [1.165, 1.54) is 35.2 Å². The Kier molecular flexibility index (Phi) is 42.0. The van der Waals surface area contributed by atoms with Gasteiger partial charge >= 0.3 is 30.2 Å². The van der Waals surface area contributed by atoms with E-state index in [9.17, 15) is 24.0 Å². The quantitative estimate of drug-likeness (QED) is 0.0328. The van der Waals surface area contributed by atoms with Gasteiger partial charge in [-0.3, -0.25) is 14.7 Å². The first kappa shape index (κ1) is 94.8. The van der Waals surface area contributed by atoms with Crippen LogP contribution in [0.3, 0.4) is 0 Å². The molecule has 117 heavy (non-hydrogen) atoms. The Balaban J connectivity index is 0.000000202. The Bertz CT molecular complexity index is 4200. The number of rotatable bonds is 21. The number of amides is 10. The van der Waals surface area contributed by atoms with Crippen LogP contribution in [0.1, 0.15) is 158 Å². The van der Waals surface area contributed by atoms with Crippen LogP contribution in [0.25, 0.3) is 0 Å². The number of carbonyl (C=O) groups is 5. The Morgan fingerprint density at radius 2 is 0.692 bits per heavy atom. The molecule has 13 rings (SSSR count). The summed E-state index contributed by atoms with van der Waals surface area (Å²) in [6, 6.07) is 67.6. The minimum Gasteiger partial charge on any atom is -0.335 e. The summed E-state index contributed by atoms with van der Waals surface area (Å²) in [6.45, 7) is 30.1. The number of hydrogen-bond donors (Lipinski definition) is 10. The number of urea groups is 5. The maximum atomic E-state index is 12.3. The average molecular weight is 1680 g/mol. The van der Waals surface area contributed by atoms with E-state index in [0.29, 0.717) is 11.1 Å². The molecule has 0 atom stereocenters. The molecule has 0 saturated carbocycles. The van der Waals surface area contributed by atoms with Gasteiger partial charge in [-0.15, -0.1) is 0 Å². The fraction of sp³-hybridized carbons (Fsp3) is 0.442. The van der Waals surface area contributed by atoms with E-state index in [-0.39, 0.29) is 69.2 Å². The SMILES string of the molecule is C.C.CCCN1CCC(NC(=O)Nc2ccccc2C)CC1.CCN1CCC(NC(=O)Nc2cc(Cl)ccc2C)CC1.CCc1ccc(NC(=O)NC2CCN(Cc3ccccc3)CC2)cc1.CCc1ccccc1NC(=O)NC1CCN(Cc2ccccc2)CC1.Cc1cc(Br)ccc1NC(=O)NC1CCN(Cc2ccccc2)CC1. The Morgan fingerprint density at radius 3 is 1.09 bits per heavy atom. The van der Waals surface area contributed by atoms with E-state index < -0.39 is 0 Å². The van der Waals surface area contributed by atoms with Crippen LogP contribution < -0.4 is 53.2 Å². The standard InChI is InChI=1S/2C21H27N3O.C20H24BrN3O.C16H25N3O.C15H22ClN3O.2CH4/c1-2-18-10-6-7-11-20(18)23-21(25)22-19-12-14-24(15-13-19)16-17-8-4-3-5-9-17;1-2-17-8-10-19(11-9-17)22-21(25)23-20-12-14-24(15-13-20)16-18-6-4-3-5-7-18;1-15-13-17(21)7-8-19(15)23-20(25)22-18-9-11-24(12-10-18)14-16-5-3-2-4-6-16;1-3-10-19-11-8-14(9-12-19)17-16(20)18-15-7-5-4-6-13(15)2;1-3-19-8-6-13(7-9-19)17-15(20)18-14-10-12(16)5-4-11(14)2;;/h3-11,19H,2,12-16H2,1H3,(H2,22,23,25);3-11,20H,2,12-16H2,1H3,(H2,22,23,25);2-8,13,18H,9-12,14H2,1H3,(H2,22,23,25);4-7,14H,3,8-12H2,1-2H3,(H2,17,18,20);4-5,10,13H,3,6-9H2,1-2H3,(H2,17,18,20);2*1H4. The highest BCUT2D eigenvalue weighted by Gasteiger charge is 2.26. The molecule has 0 aromatic heterocycles. The molecule has 10 N–H and O–H groups in total. The molecule has 8 aromatic carbocycles. The van der Waals surface area contributed by atoms with Gasteiger partial charge in [0, 0.05) is 153 Å². The Labute approximate surface area is 712 Å². The lowest BCUT2D eigenvalue weighted by molar-refractivity contribution is 0.189. The number of piperidine rings is 5. The van der Waals surface area contributed by atoms with Gasteiger partial charge in [-0.05, 0) is 216 Å². The number of benzene rings is 8. The van der Waals surface area contributed by atoms with Gasteiger partial charge in [0.2, 0.25) is 0 Å². The third-order valence-corrected chi connectivity index (χ3v) is 22.6. The molecule has 632 valence electrons. The van der Waals surface area contributed by atoms with Crippen LogP contribution in [0.4, 0.5) is 52.4 Å². The number of aryl methyl sites for hydroxylation is 5. The second-order valence-electron chi connectivity index (χ2n) is 30.7. The van der Waals surface area contributed by atoms with E-state index >= 15 is 0 Å². The second kappa shape index (κ2) is 51.8. The van der Waals surface area contributed by atoms with Crippen LogP contribution in [0.2, 0.25) is 5.02 Å². The lowest BCUT2D eigenvalue weighted by Crippen LogP contribution is -2.46. The minimum atomic E-state index is -0.148. The van der Waals surface area contributed by atoms with Gasteiger partial charge in [0.05, 0.1) is 0 Å². The summed E-state index contributed by atoms with van der Waals surface area (Å²) in [7, 11) is 0. The predicted molar refractivity (Wildman–Crippen MR) is 491 cm³/mol. The number of anilines is 5. The predicted octanol–water partition coefficient (Wildman–Crippen LogP) is 20.1. The van der Waals surface area contributed by atoms with Crippen molar-refractivity contribution in [1.29, 1.82) is 0 Å². The summed E-state index contributed by atoms with van der Waals surface area (Å²) in [6.07, 6.45) is 13.2. The number of para-hydroxylation sites is 2. The third-order valence-electron chi connectivity index (χ3n) is 21.9. The van der Waals surface area contributed by atoms with Crippen molar-refractivity contribution in [2.75, 3.05) is 105 Å². The van der Waals surface area contributed by atoms with Gasteiger partial charge in [0.1, 0.15) is 0 Å². The molecule has 20 nitrogen and oxygen atoms in total. The highest BCUT2D eigenvalue weighted by atomic mass is 79.9. The average Bonchev–Trinajstić information content (AvgIpc) is 0.946. The van der Waals surface area contributed by atoms with Crippen LogP contribution in [0, 0.1) is 20.8 Å². The number of hydrogen-bond acceptors (Lipinski definition) is 10. The monoisotopic (exact) mass is 1680 g/mol. The number of nitrogens with zero attached hydrogens (tertiary/aromatic N) is 5. The maximum Gasteiger partial charge on any atom is 0.319 e. The van der Waals surface area contributed by atoms with Gasteiger partial charge in [-0.1, -0.05) is 216 Å². The topological polar surface area (TPSA) is 222 Å². The van der Waals surface area contributed by atoms with Gasteiger partial charge in [-0.25, -0.2) is 24.0 Å². The first-order valence-electron chi connectivity index (χ1n) is 41.7. The van der Waals surface area contributed by atoms with E-state index in [0.717, 1.165) is 224 Å². The van der Waals surface area contributed by atoms with Crippen molar-refractivity contribution in [3.63, 3.8) is 0 Å². The van der Waals surface area contributed by atoms with Gasteiger partial charge < -0.3 is 63.0 Å². The molecule has 0 bridgehead atoms. The van der Waals surface area contributed by atoms with Crippen LogP contribution in [-0.4, -0.2) is 163 Å². The number of carbonyl (C=O) groups excluding carboxylic acids is 5. The molecule has 8 aromatic rings. The summed E-state index contributed by atoms with van der Waals surface area (Å²) < 4.78 is 1.02. The molecule has 5 aliphatic rings. The fourth-order valence-corrected chi connectivity index (χ4v) is 15.6. The number of nitrogens with one attached hydrogen (secondary N) is 10. The van der Waals surface area contributed by atoms with E-state index in [1.807, 2.05) is 118 Å². The zero-order valence-corrected chi connectivity index (χ0v) is 71.1. The van der Waals surface area contributed by atoms with Crippen LogP contribution in [0.15, 0.2) is 205 Å². The van der Waals surface area contributed by atoms with Gasteiger partial charge in [0.15, 0.2) is 0 Å². The minimum absolute atomic E-state index is 0. The Morgan fingerprint density at radius 1 is 0.342 bits per heavy atom. The van der Waals surface area contributed by atoms with Crippen LogP contribution in [0.5, 0.6) is 0 Å². The van der Waals surface area contributed by atoms with Crippen LogP contribution >= 0.6 is 27.5 Å². The normalized spacial score (nSPS) is 15.9. The van der Waals surface area contributed by atoms with Crippen LogP contribution in [-0.2, 0) is 32.5 Å². The first-order chi connectivity index (χ1) is 55.8. The van der Waals surface area contributed by atoms with Crippen molar-refractivity contribution in [1.82, 2.24) is 51.1 Å². The van der Waals surface area contributed by atoms with Gasteiger partial charge in [0.25, 0.3) is 0 Å². The van der Waals surface area contributed by atoms with Crippen molar-refractivity contribution in [3.05, 3.63) is 254 Å².